The summed E-state index contributed by atoms with van der Waals surface area (Å²) in [5, 5.41) is 3.36. The summed E-state index contributed by atoms with van der Waals surface area (Å²) in [4.78, 5) is 0. The van der Waals surface area contributed by atoms with Crippen molar-refractivity contribution in [2.45, 2.75) is 40.0 Å². The fourth-order valence-electron chi connectivity index (χ4n) is 2.74. The number of nitrogens with one attached hydrogen (secondary N) is 1. The molecular formula is C16H27N. The van der Waals surface area contributed by atoms with Crippen LogP contribution in [0.25, 0.3) is 0 Å². The lowest BCUT2D eigenvalue weighted by molar-refractivity contribution is 0.303. The molecule has 1 aromatic rings. The van der Waals surface area contributed by atoms with Gasteiger partial charge in [-0.15, -0.1) is 0 Å². The maximum absolute atomic E-state index is 3.36. The number of aryl methyl sites for hydroxylation is 1. The lowest BCUT2D eigenvalue weighted by Crippen LogP contribution is -2.27. The topological polar surface area (TPSA) is 12.0 Å². The van der Waals surface area contributed by atoms with Crippen molar-refractivity contribution in [2.75, 3.05) is 13.6 Å². The van der Waals surface area contributed by atoms with Crippen molar-refractivity contribution in [1.29, 1.82) is 0 Å². The largest absolute Gasteiger partial charge is 0.319 e. The Bertz CT molecular complexity index is 315. The maximum atomic E-state index is 3.36. The molecule has 0 bridgehead atoms. The Balaban J connectivity index is 2.75. The second-order valence-electron chi connectivity index (χ2n) is 5.02. The van der Waals surface area contributed by atoms with E-state index in [9.17, 15) is 0 Å². The molecule has 1 heteroatoms. The summed E-state index contributed by atoms with van der Waals surface area (Å²) >= 11 is 0. The van der Waals surface area contributed by atoms with Crippen molar-refractivity contribution in [1.82, 2.24) is 5.32 Å². The van der Waals surface area contributed by atoms with Crippen LogP contribution in [0.5, 0.6) is 0 Å². The lowest BCUT2D eigenvalue weighted by Gasteiger charge is -2.26. The van der Waals surface area contributed by atoms with E-state index in [1.807, 2.05) is 0 Å². The van der Waals surface area contributed by atoms with Crippen LogP contribution in [0.1, 0.15) is 37.8 Å². The quantitative estimate of drug-likeness (QED) is 0.755. The second-order valence-corrected chi connectivity index (χ2v) is 5.02. The molecule has 1 rings (SSSR count). The van der Waals surface area contributed by atoms with Crippen LogP contribution < -0.4 is 5.32 Å². The minimum atomic E-state index is 0.760. The molecule has 0 amide bonds. The van der Waals surface area contributed by atoms with Gasteiger partial charge in [0.2, 0.25) is 0 Å². The first-order valence-electron chi connectivity index (χ1n) is 6.91. The van der Waals surface area contributed by atoms with E-state index in [0.29, 0.717) is 0 Å². The van der Waals surface area contributed by atoms with Gasteiger partial charge in [-0.25, -0.2) is 0 Å². The third-order valence-corrected chi connectivity index (χ3v) is 3.93. The summed E-state index contributed by atoms with van der Waals surface area (Å²) < 4.78 is 0. The number of benzene rings is 1. The van der Waals surface area contributed by atoms with Gasteiger partial charge in [0.25, 0.3) is 0 Å². The number of rotatable bonds is 7. The van der Waals surface area contributed by atoms with E-state index in [4.69, 9.17) is 0 Å². The van der Waals surface area contributed by atoms with Crippen molar-refractivity contribution < 1.29 is 0 Å². The lowest BCUT2D eigenvalue weighted by atomic mass is 9.82. The summed E-state index contributed by atoms with van der Waals surface area (Å²) in [6, 6.07) is 8.79. The summed E-state index contributed by atoms with van der Waals surface area (Å²) in [6.07, 6.45) is 3.78. The van der Waals surface area contributed by atoms with E-state index in [2.05, 4.69) is 57.4 Å². The third-order valence-electron chi connectivity index (χ3n) is 3.93. The summed E-state index contributed by atoms with van der Waals surface area (Å²) in [7, 11) is 2.06. The molecule has 0 aliphatic rings. The Labute approximate surface area is 107 Å². The molecule has 0 spiro atoms. The van der Waals surface area contributed by atoms with E-state index in [1.165, 1.54) is 30.4 Å². The maximum Gasteiger partial charge on any atom is -0.00177 e. The molecular weight excluding hydrogens is 206 g/mol. The van der Waals surface area contributed by atoms with Gasteiger partial charge in [-0.3, -0.25) is 0 Å². The molecule has 0 fully saturated rings. The first-order chi connectivity index (χ1) is 8.22. The second kappa shape index (κ2) is 7.50. The van der Waals surface area contributed by atoms with Gasteiger partial charge >= 0.3 is 0 Å². The first kappa shape index (κ1) is 14.2. The zero-order chi connectivity index (χ0) is 12.7. The van der Waals surface area contributed by atoms with Crippen LogP contribution in [0.2, 0.25) is 0 Å². The highest BCUT2D eigenvalue weighted by atomic mass is 14.8. The third kappa shape index (κ3) is 4.16. The molecule has 1 N–H and O–H groups in total. The Morgan fingerprint density at radius 2 is 1.71 bits per heavy atom. The van der Waals surface area contributed by atoms with Gasteiger partial charge < -0.3 is 5.32 Å². The van der Waals surface area contributed by atoms with Gasteiger partial charge in [-0.2, -0.15) is 0 Å². The van der Waals surface area contributed by atoms with Gasteiger partial charge in [-0.1, -0.05) is 51.0 Å². The zero-order valence-corrected chi connectivity index (χ0v) is 11.8. The molecule has 0 saturated carbocycles. The molecule has 1 nitrogen and oxygen atoms in total. The Hall–Kier alpha value is -0.820. The molecule has 0 saturated heterocycles. The minimum absolute atomic E-state index is 0.760. The Kier molecular flexibility index (Phi) is 6.28. The normalized spacial score (nSPS) is 13.0. The van der Waals surface area contributed by atoms with Gasteiger partial charge in [0.15, 0.2) is 0 Å². The van der Waals surface area contributed by atoms with Crippen molar-refractivity contribution in [2.24, 2.45) is 11.8 Å². The van der Waals surface area contributed by atoms with Crippen molar-refractivity contribution in [3.8, 4) is 0 Å². The van der Waals surface area contributed by atoms with Gasteiger partial charge in [0.1, 0.15) is 0 Å². The van der Waals surface area contributed by atoms with Crippen LogP contribution in [0.15, 0.2) is 24.3 Å². The van der Waals surface area contributed by atoms with E-state index in [-0.39, 0.29) is 0 Å². The van der Waals surface area contributed by atoms with Crippen molar-refractivity contribution in [3.63, 3.8) is 0 Å². The minimum Gasteiger partial charge on any atom is -0.319 e. The van der Waals surface area contributed by atoms with Crippen LogP contribution in [0.3, 0.4) is 0 Å². The smallest absolute Gasteiger partial charge is 0.00177 e. The summed E-state index contributed by atoms with van der Waals surface area (Å²) in [5.41, 5.74) is 2.94. The van der Waals surface area contributed by atoms with Crippen LogP contribution in [-0.4, -0.2) is 13.6 Å². The van der Waals surface area contributed by atoms with Crippen molar-refractivity contribution >= 4 is 0 Å². The monoisotopic (exact) mass is 233 g/mol. The molecule has 96 valence electrons. The molecule has 0 aliphatic carbocycles. The SMILES string of the molecule is CCC(CC)C(CNC)Cc1ccccc1C. The molecule has 1 unspecified atom stereocenters. The van der Waals surface area contributed by atoms with E-state index in [0.717, 1.165) is 18.4 Å². The Morgan fingerprint density at radius 1 is 1.06 bits per heavy atom. The predicted octanol–water partition coefficient (Wildman–Crippen LogP) is 3.81. The molecule has 0 heterocycles. The fraction of sp³-hybridized carbons (Fsp3) is 0.625. The average Bonchev–Trinajstić information content (AvgIpc) is 2.34. The van der Waals surface area contributed by atoms with Gasteiger partial charge in [0.05, 0.1) is 0 Å². The molecule has 0 aliphatic heterocycles. The highest BCUT2D eigenvalue weighted by Crippen LogP contribution is 2.24. The summed E-state index contributed by atoms with van der Waals surface area (Å²) in [5.74, 6) is 1.60. The van der Waals surface area contributed by atoms with Gasteiger partial charge in [0, 0.05) is 0 Å². The standard InChI is InChI=1S/C16H27N/c1-5-14(6-2)16(12-17-4)11-15-10-8-7-9-13(15)3/h7-10,14,16-17H,5-6,11-12H2,1-4H3. The van der Waals surface area contributed by atoms with E-state index < -0.39 is 0 Å². The van der Waals surface area contributed by atoms with Crippen LogP contribution in [0.4, 0.5) is 0 Å². The van der Waals surface area contributed by atoms with E-state index >= 15 is 0 Å². The predicted molar refractivity (Wildman–Crippen MR) is 76.4 cm³/mol. The zero-order valence-electron chi connectivity index (χ0n) is 11.8. The molecule has 0 radical (unpaired) electrons. The summed E-state index contributed by atoms with van der Waals surface area (Å²) in [6.45, 7) is 7.97. The highest BCUT2D eigenvalue weighted by Gasteiger charge is 2.18. The van der Waals surface area contributed by atoms with Crippen LogP contribution >= 0.6 is 0 Å². The molecule has 1 aromatic carbocycles. The fourth-order valence-corrected chi connectivity index (χ4v) is 2.74. The molecule has 1 atom stereocenters. The Morgan fingerprint density at radius 3 is 2.24 bits per heavy atom. The highest BCUT2D eigenvalue weighted by molar-refractivity contribution is 5.26. The average molecular weight is 233 g/mol. The first-order valence-corrected chi connectivity index (χ1v) is 6.91. The van der Waals surface area contributed by atoms with Crippen LogP contribution in [-0.2, 0) is 6.42 Å². The van der Waals surface area contributed by atoms with Crippen LogP contribution in [0, 0.1) is 18.8 Å². The van der Waals surface area contributed by atoms with Crippen molar-refractivity contribution in [3.05, 3.63) is 35.4 Å². The molecule has 17 heavy (non-hydrogen) atoms. The van der Waals surface area contributed by atoms with Gasteiger partial charge in [-0.05, 0) is 49.9 Å². The van der Waals surface area contributed by atoms with E-state index in [1.54, 1.807) is 0 Å². The number of hydrogen-bond donors (Lipinski definition) is 1. The number of hydrogen-bond acceptors (Lipinski definition) is 1. The molecule has 0 aromatic heterocycles.